The minimum absolute atomic E-state index is 0.583. The largest absolute Gasteiger partial charge is 0.354 e. The summed E-state index contributed by atoms with van der Waals surface area (Å²) >= 11 is 0. The van der Waals surface area contributed by atoms with Gasteiger partial charge in [0, 0.05) is 11.3 Å². The van der Waals surface area contributed by atoms with Crippen LogP contribution in [0.15, 0.2) is 24.3 Å². The van der Waals surface area contributed by atoms with Crippen molar-refractivity contribution >= 4 is 15.7 Å². The van der Waals surface area contributed by atoms with Gasteiger partial charge in [0.2, 0.25) is 10.0 Å². The summed E-state index contributed by atoms with van der Waals surface area (Å²) in [7, 11) is -3.16. The van der Waals surface area contributed by atoms with E-state index in [9.17, 15) is 8.42 Å². The van der Waals surface area contributed by atoms with Gasteiger partial charge in [-0.1, -0.05) is 12.1 Å². The second-order valence-electron chi connectivity index (χ2n) is 2.82. The Bertz CT molecular complexity index is 370. The molecule has 0 aliphatic heterocycles. The van der Waals surface area contributed by atoms with Crippen molar-refractivity contribution in [3.05, 3.63) is 29.8 Å². The Morgan fingerprint density at radius 1 is 1.31 bits per heavy atom. The summed E-state index contributed by atoms with van der Waals surface area (Å²) in [5.41, 5.74) is 5.39. The molecular formula is C8H13N2O2S+. The molecule has 0 atom stereocenters. The molecule has 0 saturated heterocycles. The molecular weight excluding hydrogens is 188 g/mol. The highest BCUT2D eigenvalue weighted by Gasteiger charge is 2.00. The molecule has 4 nitrogen and oxygen atoms in total. The van der Waals surface area contributed by atoms with E-state index in [2.05, 4.69) is 10.5 Å². The van der Waals surface area contributed by atoms with E-state index in [1.807, 2.05) is 12.1 Å². The Morgan fingerprint density at radius 2 is 1.85 bits per heavy atom. The predicted octanol–water partition coefficient (Wildman–Crippen LogP) is -0.200. The van der Waals surface area contributed by atoms with Crippen LogP contribution in [-0.2, 0) is 16.6 Å². The van der Waals surface area contributed by atoms with E-state index in [0.717, 1.165) is 11.8 Å². The molecule has 13 heavy (non-hydrogen) atoms. The lowest BCUT2D eigenvalue weighted by molar-refractivity contribution is -0.386. The molecule has 0 aliphatic rings. The molecule has 0 spiro atoms. The molecule has 1 aromatic rings. The fraction of sp³-hybridized carbons (Fsp3) is 0.250. The summed E-state index contributed by atoms with van der Waals surface area (Å²) in [6.07, 6.45) is 1.13. The van der Waals surface area contributed by atoms with Gasteiger partial charge < -0.3 is 5.73 Å². The summed E-state index contributed by atoms with van der Waals surface area (Å²) in [5, 5.41) is 0. The van der Waals surface area contributed by atoms with Crippen LogP contribution in [0.25, 0.3) is 0 Å². The summed E-state index contributed by atoms with van der Waals surface area (Å²) < 4.78 is 24.0. The monoisotopic (exact) mass is 201 g/mol. The van der Waals surface area contributed by atoms with Gasteiger partial charge in [-0.3, -0.25) is 4.72 Å². The average molecular weight is 201 g/mol. The van der Waals surface area contributed by atoms with Crippen LogP contribution in [0, 0.1) is 0 Å². The van der Waals surface area contributed by atoms with E-state index >= 15 is 0 Å². The lowest BCUT2D eigenvalue weighted by Crippen LogP contribution is -2.47. The Labute approximate surface area is 77.8 Å². The maximum absolute atomic E-state index is 10.8. The summed E-state index contributed by atoms with van der Waals surface area (Å²) in [5.74, 6) is 0. The molecule has 0 heterocycles. The quantitative estimate of drug-likeness (QED) is 0.710. The van der Waals surface area contributed by atoms with Crippen molar-refractivity contribution in [3.63, 3.8) is 0 Å². The van der Waals surface area contributed by atoms with E-state index in [-0.39, 0.29) is 0 Å². The predicted molar refractivity (Wildman–Crippen MR) is 51.5 cm³/mol. The zero-order valence-corrected chi connectivity index (χ0v) is 8.26. The van der Waals surface area contributed by atoms with Gasteiger partial charge in [-0.25, -0.2) is 8.42 Å². The summed E-state index contributed by atoms with van der Waals surface area (Å²) in [6, 6.07) is 7.14. The van der Waals surface area contributed by atoms with Gasteiger partial charge in [0.05, 0.1) is 12.8 Å². The number of benzene rings is 1. The van der Waals surface area contributed by atoms with Crippen LogP contribution in [0.2, 0.25) is 0 Å². The summed E-state index contributed by atoms with van der Waals surface area (Å²) in [6.45, 7) is 0.707. The minimum Gasteiger partial charge on any atom is -0.354 e. The molecule has 4 N–H and O–H groups in total. The van der Waals surface area contributed by atoms with Crippen LogP contribution in [0.5, 0.6) is 0 Å². The van der Waals surface area contributed by atoms with Crippen LogP contribution in [0.1, 0.15) is 5.56 Å². The molecule has 5 heteroatoms. The molecule has 72 valence electrons. The zero-order chi connectivity index (χ0) is 9.90. The van der Waals surface area contributed by atoms with Crippen molar-refractivity contribution in [2.24, 2.45) is 0 Å². The molecule has 0 amide bonds. The number of sulfonamides is 1. The number of hydrogen-bond donors (Lipinski definition) is 2. The molecule has 0 aromatic heterocycles. The van der Waals surface area contributed by atoms with Crippen LogP contribution >= 0.6 is 0 Å². The van der Waals surface area contributed by atoms with Crippen molar-refractivity contribution in [3.8, 4) is 0 Å². The molecule has 0 saturated carbocycles. The fourth-order valence-electron chi connectivity index (χ4n) is 0.954. The maximum Gasteiger partial charge on any atom is 0.229 e. The number of anilines is 1. The lowest BCUT2D eigenvalue weighted by Gasteiger charge is -2.03. The molecule has 0 aliphatic carbocycles. The van der Waals surface area contributed by atoms with Crippen molar-refractivity contribution in [2.75, 3.05) is 11.0 Å². The molecule has 0 unspecified atom stereocenters. The van der Waals surface area contributed by atoms with E-state index in [1.165, 1.54) is 0 Å². The second kappa shape index (κ2) is 3.76. The Balaban J connectivity index is 2.81. The first kappa shape index (κ1) is 10.0. The Hall–Kier alpha value is -1.07. The van der Waals surface area contributed by atoms with Crippen molar-refractivity contribution in [1.29, 1.82) is 0 Å². The first-order valence-electron chi connectivity index (χ1n) is 3.87. The SMILES string of the molecule is CS(=O)(=O)Nc1ccc(C[NH3+])cc1. The van der Waals surface area contributed by atoms with Gasteiger partial charge in [0.15, 0.2) is 0 Å². The average Bonchev–Trinajstić information content (AvgIpc) is 2.03. The van der Waals surface area contributed by atoms with E-state index < -0.39 is 10.0 Å². The topological polar surface area (TPSA) is 73.8 Å². The first-order chi connectivity index (χ1) is 6.01. The van der Waals surface area contributed by atoms with Gasteiger partial charge in [-0.2, -0.15) is 0 Å². The van der Waals surface area contributed by atoms with Crippen molar-refractivity contribution in [1.82, 2.24) is 0 Å². The zero-order valence-electron chi connectivity index (χ0n) is 7.45. The highest BCUT2D eigenvalue weighted by molar-refractivity contribution is 7.92. The standard InChI is InChI=1S/C8H12N2O2S/c1-13(11,12)10-8-4-2-7(6-9)3-5-8/h2-5,10H,6,9H2,1H3/p+1. The first-order valence-corrected chi connectivity index (χ1v) is 5.76. The molecule has 1 rings (SSSR count). The number of nitrogens with one attached hydrogen (secondary N) is 1. The molecule has 0 radical (unpaired) electrons. The highest BCUT2D eigenvalue weighted by Crippen LogP contribution is 2.09. The van der Waals surface area contributed by atoms with Crippen molar-refractivity contribution in [2.45, 2.75) is 6.54 Å². The van der Waals surface area contributed by atoms with Gasteiger partial charge in [-0.15, -0.1) is 0 Å². The number of hydrogen-bond acceptors (Lipinski definition) is 2. The Morgan fingerprint density at radius 3 is 2.23 bits per heavy atom. The van der Waals surface area contributed by atoms with Gasteiger partial charge >= 0.3 is 0 Å². The van der Waals surface area contributed by atoms with E-state index in [1.54, 1.807) is 12.1 Å². The molecule has 0 bridgehead atoms. The van der Waals surface area contributed by atoms with Gasteiger partial charge in [-0.05, 0) is 12.1 Å². The summed E-state index contributed by atoms with van der Waals surface area (Å²) in [4.78, 5) is 0. The van der Waals surface area contributed by atoms with Crippen molar-refractivity contribution < 1.29 is 14.2 Å². The van der Waals surface area contributed by atoms with E-state index in [0.29, 0.717) is 12.2 Å². The fourth-order valence-corrected chi connectivity index (χ4v) is 1.52. The third-order valence-electron chi connectivity index (χ3n) is 1.55. The number of rotatable bonds is 3. The minimum atomic E-state index is -3.16. The highest BCUT2D eigenvalue weighted by atomic mass is 32.2. The lowest BCUT2D eigenvalue weighted by atomic mass is 10.2. The second-order valence-corrected chi connectivity index (χ2v) is 4.57. The van der Waals surface area contributed by atoms with Crippen LogP contribution in [0.4, 0.5) is 5.69 Å². The third kappa shape index (κ3) is 3.43. The van der Waals surface area contributed by atoms with Crippen LogP contribution in [-0.4, -0.2) is 14.7 Å². The normalized spacial score (nSPS) is 11.2. The van der Waals surface area contributed by atoms with Crippen LogP contribution < -0.4 is 10.5 Å². The van der Waals surface area contributed by atoms with E-state index in [4.69, 9.17) is 0 Å². The van der Waals surface area contributed by atoms with Gasteiger partial charge in [0.25, 0.3) is 0 Å². The van der Waals surface area contributed by atoms with Crippen LogP contribution in [0.3, 0.4) is 0 Å². The smallest absolute Gasteiger partial charge is 0.229 e. The third-order valence-corrected chi connectivity index (χ3v) is 2.15. The maximum atomic E-state index is 10.8. The Kier molecular flexibility index (Phi) is 2.90. The molecule has 0 fully saturated rings. The van der Waals surface area contributed by atoms with Gasteiger partial charge in [0.1, 0.15) is 0 Å². The molecule has 1 aromatic carbocycles. The number of quaternary nitrogens is 1.